The van der Waals surface area contributed by atoms with E-state index < -0.39 is 0 Å². The molecule has 0 radical (unpaired) electrons. The van der Waals surface area contributed by atoms with Crippen molar-refractivity contribution in [3.63, 3.8) is 0 Å². The number of carbonyl (C=O) groups excluding carboxylic acids is 2. The highest BCUT2D eigenvalue weighted by atomic mass is 32.2. The molecule has 0 saturated heterocycles. The molecule has 2 amide bonds. The fraction of sp³-hybridized carbons (Fsp3) is 0.538. The molecule has 5 rings (SSSR count). The Morgan fingerprint density at radius 2 is 1.94 bits per heavy atom. The fourth-order valence-electron chi connectivity index (χ4n) is 5.30. The van der Waals surface area contributed by atoms with Gasteiger partial charge in [-0.2, -0.15) is 4.99 Å². The Balaban J connectivity index is 1.22. The molecule has 0 aromatic heterocycles. The van der Waals surface area contributed by atoms with E-state index in [4.69, 9.17) is 4.99 Å². The van der Waals surface area contributed by atoms with Crippen molar-refractivity contribution in [2.75, 3.05) is 6.54 Å². The van der Waals surface area contributed by atoms with Gasteiger partial charge in [0.25, 0.3) is 5.91 Å². The molecule has 1 aromatic rings. The molecule has 168 valence electrons. The summed E-state index contributed by atoms with van der Waals surface area (Å²) in [6.07, 6.45) is 4.81. The zero-order valence-electron chi connectivity index (χ0n) is 19.2. The van der Waals surface area contributed by atoms with Crippen LogP contribution in [0.1, 0.15) is 64.0 Å². The average molecular weight is 450 g/mol. The van der Waals surface area contributed by atoms with Gasteiger partial charge in [-0.15, -0.1) is 0 Å². The molecule has 2 unspecified atom stereocenters. The highest BCUT2D eigenvalue weighted by Gasteiger charge is 2.43. The van der Waals surface area contributed by atoms with Crippen LogP contribution >= 0.6 is 11.8 Å². The van der Waals surface area contributed by atoms with E-state index in [0.29, 0.717) is 31.1 Å². The number of hydrogen-bond acceptors (Lipinski definition) is 4. The topological polar surface area (TPSA) is 62.1 Å². The van der Waals surface area contributed by atoms with Gasteiger partial charge in [0.05, 0.1) is 5.04 Å². The van der Waals surface area contributed by atoms with Crippen LogP contribution in [-0.2, 0) is 22.6 Å². The zero-order valence-corrected chi connectivity index (χ0v) is 20.0. The Hall–Kier alpha value is -2.21. The molecule has 3 aliphatic heterocycles. The molecule has 32 heavy (non-hydrogen) atoms. The van der Waals surface area contributed by atoms with Crippen LogP contribution in [0.15, 0.2) is 44.7 Å². The molecule has 0 fully saturated rings. The lowest BCUT2D eigenvalue weighted by molar-refractivity contribution is -0.132. The van der Waals surface area contributed by atoms with Crippen LogP contribution in [0.4, 0.5) is 0 Å². The fourth-order valence-corrected chi connectivity index (χ4v) is 6.70. The summed E-state index contributed by atoms with van der Waals surface area (Å²) < 4.78 is 0. The van der Waals surface area contributed by atoms with Crippen molar-refractivity contribution < 1.29 is 9.59 Å². The van der Waals surface area contributed by atoms with Crippen LogP contribution in [0, 0.1) is 17.3 Å². The zero-order chi connectivity index (χ0) is 22.5. The number of fused-ring (bicyclic) bond motifs is 3. The summed E-state index contributed by atoms with van der Waals surface area (Å²) in [6.45, 7) is 8.32. The van der Waals surface area contributed by atoms with Crippen molar-refractivity contribution in [3.05, 3.63) is 45.9 Å². The predicted octanol–water partition coefficient (Wildman–Crippen LogP) is 5.15. The van der Waals surface area contributed by atoms with Gasteiger partial charge in [-0.3, -0.25) is 9.59 Å². The molecule has 2 atom stereocenters. The van der Waals surface area contributed by atoms with Crippen molar-refractivity contribution >= 4 is 34.5 Å². The smallest absolute Gasteiger partial charge is 0.261 e. The van der Waals surface area contributed by atoms with Crippen molar-refractivity contribution in [2.24, 2.45) is 27.2 Å². The molecule has 1 aliphatic carbocycles. The second-order valence-electron chi connectivity index (χ2n) is 10.4. The quantitative estimate of drug-likeness (QED) is 0.641. The minimum atomic E-state index is -0.256. The SMILES string of the molecule is CC(C)(C)C1CCC2=C(C1)SC1=NC(CCC(=O)N3CCc4ccccc4C3)=NC(=O)C12. The molecular weight excluding hydrogens is 418 g/mol. The van der Waals surface area contributed by atoms with E-state index in [0.717, 1.165) is 37.3 Å². The maximum absolute atomic E-state index is 12.9. The highest BCUT2D eigenvalue weighted by Crippen LogP contribution is 2.52. The first kappa shape index (κ1) is 21.6. The number of carbonyl (C=O) groups is 2. The number of amidine groups is 1. The number of hydrogen-bond donors (Lipinski definition) is 0. The van der Waals surface area contributed by atoms with E-state index in [2.05, 4.69) is 44.0 Å². The van der Waals surface area contributed by atoms with Gasteiger partial charge in [0, 0.05) is 25.9 Å². The van der Waals surface area contributed by atoms with E-state index in [9.17, 15) is 9.59 Å². The van der Waals surface area contributed by atoms with Crippen molar-refractivity contribution in [3.8, 4) is 0 Å². The number of thioether (sulfide) groups is 1. The summed E-state index contributed by atoms with van der Waals surface area (Å²) in [5, 5.41) is 0.888. The van der Waals surface area contributed by atoms with Crippen LogP contribution in [0.25, 0.3) is 0 Å². The third-order valence-electron chi connectivity index (χ3n) is 7.37. The molecule has 0 N–H and O–H groups in total. The van der Waals surface area contributed by atoms with Crippen molar-refractivity contribution in [1.29, 1.82) is 0 Å². The number of amides is 2. The largest absolute Gasteiger partial charge is 0.338 e. The van der Waals surface area contributed by atoms with Crippen LogP contribution in [0.3, 0.4) is 0 Å². The lowest BCUT2D eigenvalue weighted by Crippen LogP contribution is -2.36. The summed E-state index contributed by atoms with van der Waals surface area (Å²) in [7, 11) is 0. The summed E-state index contributed by atoms with van der Waals surface area (Å²) >= 11 is 1.69. The second-order valence-corrected chi connectivity index (χ2v) is 11.6. The van der Waals surface area contributed by atoms with E-state index in [1.807, 2.05) is 11.0 Å². The van der Waals surface area contributed by atoms with Crippen molar-refractivity contribution in [2.45, 2.75) is 65.8 Å². The molecule has 3 heterocycles. The van der Waals surface area contributed by atoms with Crippen LogP contribution in [-0.4, -0.2) is 34.1 Å². The van der Waals surface area contributed by atoms with Crippen molar-refractivity contribution in [1.82, 2.24) is 4.90 Å². The van der Waals surface area contributed by atoms with Gasteiger partial charge in [0.15, 0.2) is 0 Å². The summed E-state index contributed by atoms with van der Waals surface area (Å²) in [4.78, 5) is 38.0. The van der Waals surface area contributed by atoms with Gasteiger partial charge in [-0.05, 0) is 58.6 Å². The Morgan fingerprint density at radius 1 is 1.16 bits per heavy atom. The first-order chi connectivity index (χ1) is 15.3. The van der Waals surface area contributed by atoms with Crippen LogP contribution < -0.4 is 0 Å². The molecular formula is C26H31N3O2S. The standard InChI is InChI=1S/C26H31N3O2S/c1-26(2,3)18-8-9-19-20(14-18)32-25-23(19)24(31)27-21(28-25)10-11-22(30)29-13-12-16-6-4-5-7-17(16)15-29/h4-7,18,23H,8-15H2,1-3H3. The van der Waals surface area contributed by atoms with Gasteiger partial charge in [0.2, 0.25) is 5.91 Å². The number of allylic oxidation sites excluding steroid dienone is 1. The van der Waals surface area contributed by atoms with Gasteiger partial charge in [0.1, 0.15) is 11.8 Å². The maximum atomic E-state index is 12.9. The minimum absolute atomic E-state index is 0.0870. The van der Waals surface area contributed by atoms with E-state index >= 15 is 0 Å². The normalized spacial score (nSPS) is 25.1. The highest BCUT2D eigenvalue weighted by molar-refractivity contribution is 8.17. The molecule has 1 aromatic carbocycles. The number of nitrogens with zero attached hydrogens (tertiary/aromatic N) is 3. The van der Waals surface area contributed by atoms with Gasteiger partial charge in [-0.25, -0.2) is 4.99 Å². The number of benzene rings is 1. The molecule has 5 nitrogen and oxygen atoms in total. The van der Waals surface area contributed by atoms with Gasteiger partial charge >= 0.3 is 0 Å². The maximum Gasteiger partial charge on any atom is 0.261 e. The van der Waals surface area contributed by atoms with Gasteiger partial charge < -0.3 is 4.90 Å². The first-order valence-electron chi connectivity index (χ1n) is 11.7. The Bertz CT molecular complexity index is 1060. The molecule has 0 bridgehead atoms. The summed E-state index contributed by atoms with van der Waals surface area (Å²) in [5.41, 5.74) is 4.09. The minimum Gasteiger partial charge on any atom is -0.338 e. The number of rotatable bonds is 3. The molecule has 0 saturated carbocycles. The third-order valence-corrected chi connectivity index (χ3v) is 8.58. The molecule has 6 heteroatoms. The first-order valence-corrected chi connectivity index (χ1v) is 12.6. The molecule has 4 aliphatic rings. The Kier molecular flexibility index (Phi) is 5.60. The van der Waals surface area contributed by atoms with E-state index in [-0.39, 0.29) is 23.1 Å². The predicted molar refractivity (Wildman–Crippen MR) is 130 cm³/mol. The molecule has 0 spiro atoms. The third kappa shape index (κ3) is 4.09. The Labute approximate surface area is 194 Å². The van der Waals surface area contributed by atoms with Gasteiger partial charge in [-0.1, -0.05) is 56.8 Å². The summed E-state index contributed by atoms with van der Waals surface area (Å²) in [6, 6.07) is 8.32. The lowest BCUT2D eigenvalue weighted by Gasteiger charge is -2.34. The number of aliphatic imine (C=N–C) groups is 2. The second kappa shape index (κ2) is 8.29. The lowest BCUT2D eigenvalue weighted by atomic mass is 9.71. The monoisotopic (exact) mass is 449 g/mol. The average Bonchev–Trinajstić information content (AvgIpc) is 3.14. The summed E-state index contributed by atoms with van der Waals surface area (Å²) in [5.74, 6) is 0.926. The van der Waals surface area contributed by atoms with Crippen LogP contribution in [0.5, 0.6) is 0 Å². The van der Waals surface area contributed by atoms with E-state index in [1.54, 1.807) is 11.8 Å². The van der Waals surface area contributed by atoms with E-state index in [1.165, 1.54) is 21.6 Å². The van der Waals surface area contributed by atoms with Crippen LogP contribution in [0.2, 0.25) is 0 Å². The Morgan fingerprint density at radius 3 is 2.72 bits per heavy atom.